The quantitative estimate of drug-likeness (QED) is 0.718. The summed E-state index contributed by atoms with van der Waals surface area (Å²) in [5.74, 6) is -1.08. The highest BCUT2D eigenvalue weighted by molar-refractivity contribution is 5.93. The number of nitrogens with one attached hydrogen (secondary N) is 1. The third-order valence-corrected chi connectivity index (χ3v) is 5.12. The third-order valence-electron chi connectivity index (χ3n) is 5.12. The summed E-state index contributed by atoms with van der Waals surface area (Å²) >= 11 is 0. The molecule has 8 heteroatoms. The molecular formula is C20H20FN3O4. The lowest BCUT2D eigenvalue weighted by molar-refractivity contribution is 0.0695. The molecule has 0 bridgehead atoms. The van der Waals surface area contributed by atoms with E-state index in [4.69, 9.17) is 4.42 Å². The number of nitrogens with zero attached hydrogens (tertiary/aromatic N) is 2. The predicted molar refractivity (Wildman–Crippen MR) is 102 cm³/mol. The summed E-state index contributed by atoms with van der Waals surface area (Å²) in [6, 6.07) is 6.40. The summed E-state index contributed by atoms with van der Waals surface area (Å²) in [7, 11) is 0. The van der Waals surface area contributed by atoms with Crippen molar-refractivity contribution in [2.24, 2.45) is 0 Å². The third kappa shape index (κ3) is 3.05. The maximum atomic E-state index is 14.9. The van der Waals surface area contributed by atoms with Gasteiger partial charge in [0, 0.05) is 37.8 Å². The van der Waals surface area contributed by atoms with E-state index in [0.717, 1.165) is 11.8 Å². The van der Waals surface area contributed by atoms with Crippen LogP contribution >= 0.6 is 0 Å². The van der Waals surface area contributed by atoms with Gasteiger partial charge in [0.1, 0.15) is 17.1 Å². The van der Waals surface area contributed by atoms with Crippen molar-refractivity contribution in [1.82, 2.24) is 9.88 Å². The van der Waals surface area contributed by atoms with Crippen molar-refractivity contribution < 1.29 is 18.7 Å². The fraction of sp³-hybridized carbons (Fsp3) is 0.300. The number of hydrogen-bond donors (Lipinski definition) is 2. The second kappa shape index (κ2) is 7.12. The van der Waals surface area contributed by atoms with Gasteiger partial charge in [-0.2, -0.15) is 0 Å². The van der Waals surface area contributed by atoms with Gasteiger partial charge in [0.15, 0.2) is 0 Å². The molecule has 3 aromatic rings. The molecule has 3 heterocycles. The minimum absolute atomic E-state index is 0.0680. The van der Waals surface area contributed by atoms with Gasteiger partial charge in [-0.1, -0.05) is 0 Å². The number of rotatable bonds is 4. The summed E-state index contributed by atoms with van der Waals surface area (Å²) in [5.41, 5.74) is -0.134. The van der Waals surface area contributed by atoms with Crippen LogP contribution in [0.4, 0.5) is 10.1 Å². The fourth-order valence-corrected chi connectivity index (χ4v) is 3.70. The topological polar surface area (TPSA) is 87.7 Å². The van der Waals surface area contributed by atoms with Crippen LogP contribution in [0, 0.1) is 5.82 Å². The zero-order valence-electron chi connectivity index (χ0n) is 15.3. The summed E-state index contributed by atoms with van der Waals surface area (Å²) in [5, 5.41) is 12.7. The molecule has 0 aliphatic carbocycles. The normalized spacial score (nSPS) is 17.2. The molecule has 146 valence electrons. The van der Waals surface area contributed by atoms with Crippen LogP contribution in [0.15, 0.2) is 45.9 Å². The molecular weight excluding hydrogens is 365 g/mol. The number of benzene rings is 1. The Hall–Kier alpha value is -3.13. The molecule has 0 amide bonds. The highest BCUT2D eigenvalue weighted by Crippen LogP contribution is 2.28. The monoisotopic (exact) mass is 385 g/mol. The van der Waals surface area contributed by atoms with Gasteiger partial charge in [-0.05, 0) is 31.2 Å². The Bertz CT molecular complexity index is 1090. The van der Waals surface area contributed by atoms with E-state index >= 15 is 0 Å². The highest BCUT2D eigenvalue weighted by Gasteiger charge is 2.26. The van der Waals surface area contributed by atoms with Gasteiger partial charge in [-0.3, -0.25) is 4.79 Å². The molecule has 1 aliphatic heterocycles. The minimum Gasteiger partial charge on any atom is -0.477 e. The van der Waals surface area contributed by atoms with Crippen LogP contribution in [0.2, 0.25) is 0 Å². The molecule has 1 aromatic carbocycles. The molecule has 2 N–H and O–H groups in total. The van der Waals surface area contributed by atoms with Crippen molar-refractivity contribution >= 4 is 22.6 Å². The maximum absolute atomic E-state index is 14.9. The SMILES string of the molecule is CCn1cc(C(=O)O)c(=O)c2cc(F)c(N3CCNC(c4ccco4)C3)cc21. The molecule has 1 fully saturated rings. The minimum atomic E-state index is -1.32. The number of aryl methyl sites for hydroxylation is 1. The van der Waals surface area contributed by atoms with Gasteiger partial charge in [-0.15, -0.1) is 0 Å². The van der Waals surface area contributed by atoms with Gasteiger partial charge in [0.25, 0.3) is 0 Å². The summed E-state index contributed by atoms with van der Waals surface area (Å²) < 4.78 is 22.1. The van der Waals surface area contributed by atoms with Gasteiger partial charge in [0.2, 0.25) is 5.43 Å². The Balaban J connectivity index is 1.80. The predicted octanol–water partition coefficient (Wildman–Crippen LogP) is 2.60. The Labute approximate surface area is 160 Å². The lowest BCUT2D eigenvalue weighted by Gasteiger charge is -2.34. The number of carboxylic acid groups (broad SMARTS) is 1. The first-order chi connectivity index (χ1) is 13.5. The largest absolute Gasteiger partial charge is 0.477 e. The number of carbonyl (C=O) groups is 1. The Morgan fingerprint density at radius 1 is 1.43 bits per heavy atom. The molecule has 1 atom stereocenters. The number of furan rings is 1. The number of halogens is 1. The van der Waals surface area contributed by atoms with Crippen LogP contribution in [-0.2, 0) is 6.54 Å². The van der Waals surface area contributed by atoms with Crippen molar-refractivity contribution in [2.75, 3.05) is 24.5 Å². The number of aromatic carboxylic acids is 1. The van der Waals surface area contributed by atoms with Crippen molar-refractivity contribution in [3.63, 3.8) is 0 Å². The summed E-state index contributed by atoms with van der Waals surface area (Å²) in [6.45, 7) is 4.07. The number of fused-ring (bicyclic) bond motifs is 1. The zero-order chi connectivity index (χ0) is 19.8. The lowest BCUT2D eigenvalue weighted by Crippen LogP contribution is -2.46. The van der Waals surface area contributed by atoms with Crippen molar-refractivity contribution in [2.45, 2.75) is 19.5 Å². The van der Waals surface area contributed by atoms with E-state index in [1.54, 1.807) is 16.9 Å². The van der Waals surface area contributed by atoms with Crippen molar-refractivity contribution in [3.8, 4) is 0 Å². The Morgan fingerprint density at radius 3 is 2.93 bits per heavy atom. The summed E-state index contributed by atoms with van der Waals surface area (Å²) in [4.78, 5) is 25.7. The summed E-state index contributed by atoms with van der Waals surface area (Å²) in [6.07, 6.45) is 2.92. The second-order valence-electron chi connectivity index (χ2n) is 6.75. The van der Waals surface area contributed by atoms with E-state index in [1.807, 2.05) is 24.0 Å². The van der Waals surface area contributed by atoms with Crippen molar-refractivity contribution in [1.29, 1.82) is 0 Å². The first-order valence-corrected chi connectivity index (χ1v) is 9.11. The molecule has 28 heavy (non-hydrogen) atoms. The van der Waals surface area contributed by atoms with E-state index in [0.29, 0.717) is 37.4 Å². The van der Waals surface area contributed by atoms with Gasteiger partial charge in [0.05, 0.1) is 23.5 Å². The van der Waals surface area contributed by atoms with Crippen LogP contribution in [0.5, 0.6) is 0 Å². The maximum Gasteiger partial charge on any atom is 0.341 e. The van der Waals surface area contributed by atoms with E-state index < -0.39 is 17.2 Å². The van der Waals surface area contributed by atoms with E-state index in [2.05, 4.69) is 5.32 Å². The van der Waals surface area contributed by atoms with E-state index in [-0.39, 0.29) is 17.0 Å². The molecule has 4 rings (SSSR count). The number of aromatic nitrogens is 1. The lowest BCUT2D eigenvalue weighted by atomic mass is 10.1. The highest BCUT2D eigenvalue weighted by atomic mass is 19.1. The molecule has 1 aliphatic rings. The first-order valence-electron chi connectivity index (χ1n) is 9.11. The number of piperazine rings is 1. The van der Waals surface area contributed by atoms with Crippen LogP contribution in [0.3, 0.4) is 0 Å². The molecule has 1 saturated heterocycles. The van der Waals surface area contributed by atoms with E-state index in [9.17, 15) is 19.1 Å². The van der Waals surface area contributed by atoms with Gasteiger partial charge < -0.3 is 24.3 Å². The first kappa shape index (κ1) is 18.2. The number of hydrogen-bond acceptors (Lipinski definition) is 5. The standard InChI is InChI=1S/C20H20FN3O4/c1-2-23-10-13(20(26)27)19(25)12-8-14(21)17(9-16(12)23)24-6-5-22-15(11-24)18-4-3-7-28-18/h3-4,7-10,15,22H,2,5-6,11H2,1H3,(H,26,27). The molecule has 1 unspecified atom stereocenters. The van der Waals surface area contributed by atoms with Gasteiger partial charge >= 0.3 is 5.97 Å². The van der Waals surface area contributed by atoms with Crippen LogP contribution in [-0.4, -0.2) is 35.3 Å². The van der Waals surface area contributed by atoms with Gasteiger partial charge in [-0.25, -0.2) is 9.18 Å². The van der Waals surface area contributed by atoms with Crippen LogP contribution in [0.25, 0.3) is 10.9 Å². The fourth-order valence-electron chi connectivity index (χ4n) is 3.70. The number of pyridine rings is 1. The average Bonchev–Trinajstić information content (AvgIpc) is 3.23. The second-order valence-corrected chi connectivity index (χ2v) is 6.75. The molecule has 0 radical (unpaired) electrons. The molecule has 7 nitrogen and oxygen atoms in total. The van der Waals surface area contributed by atoms with Crippen LogP contribution < -0.4 is 15.6 Å². The molecule has 0 spiro atoms. The Morgan fingerprint density at radius 2 is 2.25 bits per heavy atom. The molecule has 2 aromatic heterocycles. The number of carboxylic acids is 1. The van der Waals surface area contributed by atoms with Crippen molar-refractivity contribution in [3.05, 3.63) is 64.1 Å². The smallest absolute Gasteiger partial charge is 0.341 e. The molecule has 0 saturated carbocycles. The Kier molecular flexibility index (Phi) is 4.64. The average molecular weight is 385 g/mol. The van der Waals surface area contributed by atoms with Crippen LogP contribution in [0.1, 0.15) is 29.1 Å². The van der Waals surface area contributed by atoms with E-state index in [1.165, 1.54) is 6.20 Å². The zero-order valence-corrected chi connectivity index (χ0v) is 15.3. The number of anilines is 1.